The molecule has 0 amide bonds. The Bertz CT molecular complexity index is 1150. The molecule has 27 heavy (non-hydrogen) atoms. The van der Waals surface area contributed by atoms with Gasteiger partial charge >= 0.3 is 5.69 Å². The topological polar surface area (TPSA) is 120 Å². The highest BCUT2D eigenvalue weighted by Gasteiger charge is 2.26. The van der Waals surface area contributed by atoms with Gasteiger partial charge in [0.05, 0.1) is 33.0 Å². The molecule has 9 nitrogen and oxygen atoms in total. The highest BCUT2D eigenvalue weighted by molar-refractivity contribution is 7.90. The van der Waals surface area contributed by atoms with Crippen molar-refractivity contribution >= 4 is 50.1 Å². The third-order valence-electron chi connectivity index (χ3n) is 3.45. The standard InChI is InChI=1S/C15H11Cl2N5O4S/c1-27(25,26)13-4-2-3-12(14(13)22(23)24)20-10-7-19-21(8-10)15-11(17)5-9(16)6-18-15/h2-8,20H,1H3. The number of nitro benzene ring substituents is 1. The zero-order valence-corrected chi connectivity index (χ0v) is 16.0. The number of nitrogens with zero attached hydrogens (tertiary/aromatic N) is 4. The number of pyridine rings is 1. The van der Waals surface area contributed by atoms with Gasteiger partial charge in [-0.2, -0.15) is 5.10 Å². The van der Waals surface area contributed by atoms with Gasteiger partial charge in [0.15, 0.2) is 15.7 Å². The fraction of sp³-hybridized carbons (Fsp3) is 0.0667. The second kappa shape index (κ2) is 7.14. The number of halogens is 2. The van der Waals surface area contributed by atoms with Crippen molar-refractivity contribution in [1.29, 1.82) is 0 Å². The van der Waals surface area contributed by atoms with E-state index in [0.29, 0.717) is 16.5 Å². The molecule has 140 valence electrons. The van der Waals surface area contributed by atoms with Gasteiger partial charge < -0.3 is 5.32 Å². The third kappa shape index (κ3) is 4.02. The lowest BCUT2D eigenvalue weighted by Gasteiger charge is -2.08. The third-order valence-corrected chi connectivity index (χ3v) is 5.06. The molecular weight excluding hydrogens is 417 g/mol. The maximum Gasteiger partial charge on any atom is 0.311 e. The van der Waals surface area contributed by atoms with Gasteiger partial charge in [0.25, 0.3) is 0 Å². The van der Waals surface area contributed by atoms with Crippen molar-refractivity contribution in [3.8, 4) is 5.82 Å². The van der Waals surface area contributed by atoms with Gasteiger partial charge in [-0.1, -0.05) is 29.3 Å². The summed E-state index contributed by atoms with van der Waals surface area (Å²) in [6.45, 7) is 0. The summed E-state index contributed by atoms with van der Waals surface area (Å²) in [5.74, 6) is 0.313. The fourth-order valence-electron chi connectivity index (χ4n) is 2.35. The Labute approximate surface area is 163 Å². The Morgan fingerprint density at radius 3 is 2.63 bits per heavy atom. The van der Waals surface area contributed by atoms with Gasteiger partial charge in [-0.15, -0.1) is 0 Å². The summed E-state index contributed by atoms with van der Waals surface area (Å²) < 4.78 is 25.0. The monoisotopic (exact) mass is 427 g/mol. The molecule has 2 heterocycles. The van der Waals surface area contributed by atoms with Crippen LogP contribution in [0.2, 0.25) is 10.0 Å². The number of aromatic nitrogens is 3. The minimum atomic E-state index is -3.78. The first-order valence-corrected chi connectivity index (χ1v) is 9.92. The number of hydrogen-bond acceptors (Lipinski definition) is 7. The van der Waals surface area contributed by atoms with Crippen LogP contribution in [0.5, 0.6) is 0 Å². The highest BCUT2D eigenvalue weighted by atomic mass is 35.5. The van der Waals surface area contributed by atoms with E-state index in [0.717, 1.165) is 6.26 Å². The lowest BCUT2D eigenvalue weighted by Crippen LogP contribution is -2.05. The van der Waals surface area contributed by atoms with Crippen LogP contribution in [0.15, 0.2) is 47.8 Å². The molecule has 0 saturated carbocycles. The molecule has 1 aromatic carbocycles. The minimum Gasteiger partial charge on any atom is -0.347 e. The van der Waals surface area contributed by atoms with E-state index >= 15 is 0 Å². The van der Waals surface area contributed by atoms with Crippen LogP contribution in [-0.2, 0) is 9.84 Å². The molecule has 0 aliphatic carbocycles. The average molecular weight is 428 g/mol. The van der Waals surface area contributed by atoms with Crippen molar-refractivity contribution in [3.63, 3.8) is 0 Å². The first kappa shape index (κ1) is 19.1. The molecule has 0 fully saturated rings. The van der Waals surface area contributed by atoms with E-state index in [1.54, 1.807) is 0 Å². The molecule has 12 heteroatoms. The van der Waals surface area contributed by atoms with E-state index in [4.69, 9.17) is 23.2 Å². The molecule has 2 aromatic heterocycles. The van der Waals surface area contributed by atoms with Crippen molar-refractivity contribution in [1.82, 2.24) is 14.8 Å². The molecule has 1 N–H and O–H groups in total. The van der Waals surface area contributed by atoms with Gasteiger partial charge in [-0.25, -0.2) is 18.1 Å². The Morgan fingerprint density at radius 1 is 1.26 bits per heavy atom. The Balaban J connectivity index is 2.00. The Hall–Kier alpha value is -2.69. The van der Waals surface area contributed by atoms with E-state index in [2.05, 4.69) is 15.4 Å². The first-order valence-electron chi connectivity index (χ1n) is 7.27. The number of nitrogens with one attached hydrogen (secondary N) is 1. The largest absolute Gasteiger partial charge is 0.347 e. The quantitative estimate of drug-likeness (QED) is 0.487. The van der Waals surface area contributed by atoms with E-state index in [1.807, 2.05) is 0 Å². The predicted molar refractivity (Wildman–Crippen MR) is 101 cm³/mol. The molecule has 0 bridgehead atoms. The van der Waals surface area contributed by atoms with Crippen LogP contribution in [0.4, 0.5) is 17.1 Å². The van der Waals surface area contributed by atoms with Gasteiger partial charge in [0.2, 0.25) is 0 Å². The summed E-state index contributed by atoms with van der Waals surface area (Å²) in [6.07, 6.45) is 5.20. The first-order chi connectivity index (χ1) is 12.7. The number of nitro groups is 1. The summed E-state index contributed by atoms with van der Waals surface area (Å²) in [7, 11) is -3.78. The lowest BCUT2D eigenvalue weighted by molar-refractivity contribution is -0.386. The van der Waals surface area contributed by atoms with Crippen LogP contribution >= 0.6 is 23.2 Å². The van der Waals surface area contributed by atoms with Crippen LogP contribution < -0.4 is 5.32 Å². The van der Waals surface area contributed by atoms with Crippen LogP contribution in [0.1, 0.15) is 0 Å². The van der Waals surface area contributed by atoms with Crippen molar-refractivity contribution in [2.75, 3.05) is 11.6 Å². The molecule has 0 aliphatic rings. The second-order valence-electron chi connectivity index (χ2n) is 5.44. The van der Waals surface area contributed by atoms with Crippen molar-refractivity contribution < 1.29 is 13.3 Å². The van der Waals surface area contributed by atoms with Crippen LogP contribution in [0, 0.1) is 10.1 Å². The normalized spacial score (nSPS) is 11.4. The average Bonchev–Trinajstić information content (AvgIpc) is 3.01. The predicted octanol–water partition coefficient (Wildman–Crippen LogP) is 3.63. The van der Waals surface area contributed by atoms with Gasteiger partial charge in [-0.05, 0) is 18.2 Å². The number of hydrogen-bond donors (Lipinski definition) is 1. The SMILES string of the molecule is CS(=O)(=O)c1cccc(Nc2cnn(-c3ncc(Cl)cc3Cl)c2)c1[N+](=O)[O-]. The van der Waals surface area contributed by atoms with E-state index in [9.17, 15) is 18.5 Å². The lowest BCUT2D eigenvalue weighted by atomic mass is 10.2. The van der Waals surface area contributed by atoms with Gasteiger partial charge in [0.1, 0.15) is 10.6 Å². The molecule has 0 atom stereocenters. The fourth-order valence-corrected chi connectivity index (χ4v) is 3.67. The maximum absolute atomic E-state index is 11.8. The molecule has 3 aromatic rings. The molecule has 3 rings (SSSR count). The molecule has 0 aliphatic heterocycles. The highest BCUT2D eigenvalue weighted by Crippen LogP contribution is 2.34. The van der Waals surface area contributed by atoms with Crippen LogP contribution in [-0.4, -0.2) is 34.4 Å². The number of sulfone groups is 1. The summed E-state index contributed by atoms with van der Waals surface area (Å²) in [5.41, 5.74) is -0.162. The number of anilines is 2. The van der Waals surface area contributed by atoms with Crippen molar-refractivity contribution in [2.45, 2.75) is 4.90 Å². The van der Waals surface area contributed by atoms with Crippen LogP contribution in [0.3, 0.4) is 0 Å². The van der Waals surface area contributed by atoms with Crippen molar-refractivity contribution in [2.24, 2.45) is 0 Å². The molecule has 0 unspecified atom stereocenters. The molecule has 0 radical (unpaired) electrons. The summed E-state index contributed by atoms with van der Waals surface area (Å²) in [4.78, 5) is 14.4. The van der Waals surface area contributed by atoms with Crippen molar-refractivity contribution in [3.05, 3.63) is 63.0 Å². The van der Waals surface area contributed by atoms with Gasteiger partial charge in [-0.3, -0.25) is 10.1 Å². The number of para-hydroxylation sites is 1. The van der Waals surface area contributed by atoms with E-state index < -0.39 is 20.4 Å². The summed E-state index contributed by atoms with van der Waals surface area (Å²) in [5, 5.41) is 18.9. The van der Waals surface area contributed by atoms with E-state index in [1.165, 1.54) is 47.5 Å². The molecular formula is C15H11Cl2N5O4S. The smallest absolute Gasteiger partial charge is 0.311 e. The van der Waals surface area contributed by atoms with Gasteiger partial charge in [0, 0.05) is 12.5 Å². The van der Waals surface area contributed by atoms with E-state index in [-0.39, 0.29) is 15.6 Å². The summed E-state index contributed by atoms with van der Waals surface area (Å²) in [6, 6.07) is 5.49. The minimum absolute atomic E-state index is 0.0117. The zero-order chi connectivity index (χ0) is 19.8. The zero-order valence-electron chi connectivity index (χ0n) is 13.6. The second-order valence-corrected chi connectivity index (χ2v) is 8.27. The summed E-state index contributed by atoms with van der Waals surface area (Å²) >= 11 is 11.9. The Kier molecular flexibility index (Phi) is 5.05. The maximum atomic E-state index is 11.8. The Morgan fingerprint density at radius 2 is 2.00 bits per heavy atom. The van der Waals surface area contributed by atoms with Crippen LogP contribution in [0.25, 0.3) is 5.82 Å². The molecule has 0 saturated heterocycles. The molecule has 0 spiro atoms. The number of rotatable bonds is 5. The number of benzene rings is 1.